The Labute approximate surface area is 170 Å². The summed E-state index contributed by atoms with van der Waals surface area (Å²) in [7, 11) is 0. The SMILES string of the molecule is Cc1sc(C(=O)N2CCN(C(=O)Cc3c[nH]c4ccccc34)CC2)cc1[N+](=O)[O-]. The fourth-order valence-electron chi connectivity index (χ4n) is 3.63. The molecular weight excluding hydrogens is 392 g/mol. The number of nitrogens with one attached hydrogen (secondary N) is 1. The van der Waals surface area contributed by atoms with E-state index in [9.17, 15) is 19.7 Å². The van der Waals surface area contributed by atoms with E-state index in [1.807, 2.05) is 30.5 Å². The summed E-state index contributed by atoms with van der Waals surface area (Å²) in [6.45, 7) is 3.39. The quantitative estimate of drug-likeness (QED) is 0.526. The summed E-state index contributed by atoms with van der Waals surface area (Å²) < 4.78 is 0. The number of nitro groups is 1. The zero-order valence-electron chi connectivity index (χ0n) is 15.9. The predicted molar refractivity (Wildman–Crippen MR) is 110 cm³/mol. The van der Waals surface area contributed by atoms with Crippen LogP contribution in [-0.2, 0) is 11.2 Å². The largest absolute Gasteiger partial charge is 0.361 e. The second-order valence-electron chi connectivity index (χ2n) is 7.02. The molecule has 1 aliphatic heterocycles. The highest BCUT2D eigenvalue weighted by Crippen LogP contribution is 2.29. The van der Waals surface area contributed by atoms with E-state index in [-0.39, 0.29) is 17.5 Å². The van der Waals surface area contributed by atoms with Crippen LogP contribution in [0.25, 0.3) is 10.9 Å². The number of carbonyl (C=O) groups excluding carboxylic acids is 2. The number of aryl methyl sites for hydroxylation is 1. The van der Waals surface area contributed by atoms with Crippen molar-refractivity contribution in [2.75, 3.05) is 26.2 Å². The van der Waals surface area contributed by atoms with E-state index in [1.54, 1.807) is 16.7 Å². The third-order valence-electron chi connectivity index (χ3n) is 5.24. The number of piperazine rings is 1. The fourth-order valence-corrected chi connectivity index (χ4v) is 4.58. The summed E-state index contributed by atoms with van der Waals surface area (Å²) in [4.78, 5) is 43.4. The summed E-state index contributed by atoms with van der Waals surface area (Å²) in [5.41, 5.74) is 1.95. The number of nitrogens with zero attached hydrogens (tertiary/aromatic N) is 3. The van der Waals surface area contributed by atoms with Crippen LogP contribution in [0.1, 0.15) is 20.1 Å². The number of hydrogen-bond donors (Lipinski definition) is 1. The van der Waals surface area contributed by atoms with Gasteiger partial charge in [0.05, 0.1) is 21.1 Å². The Morgan fingerprint density at radius 1 is 1.17 bits per heavy atom. The summed E-state index contributed by atoms with van der Waals surface area (Å²) in [6, 6.07) is 9.21. The van der Waals surface area contributed by atoms with Gasteiger partial charge in [-0.05, 0) is 18.6 Å². The topological polar surface area (TPSA) is 99.6 Å². The van der Waals surface area contributed by atoms with E-state index < -0.39 is 4.92 Å². The molecule has 0 aliphatic carbocycles. The Balaban J connectivity index is 1.37. The Bertz CT molecular complexity index is 1100. The average Bonchev–Trinajstić information content (AvgIpc) is 3.31. The zero-order valence-corrected chi connectivity index (χ0v) is 16.7. The van der Waals surface area contributed by atoms with E-state index in [0.717, 1.165) is 27.8 Å². The van der Waals surface area contributed by atoms with Gasteiger partial charge in [0.25, 0.3) is 11.6 Å². The number of aromatic nitrogens is 1. The van der Waals surface area contributed by atoms with Crippen LogP contribution < -0.4 is 0 Å². The molecule has 0 atom stereocenters. The minimum Gasteiger partial charge on any atom is -0.361 e. The molecule has 0 saturated carbocycles. The van der Waals surface area contributed by atoms with Crippen LogP contribution in [-0.4, -0.2) is 57.7 Å². The van der Waals surface area contributed by atoms with Gasteiger partial charge in [0.2, 0.25) is 5.91 Å². The number of amides is 2. The van der Waals surface area contributed by atoms with Gasteiger partial charge in [-0.3, -0.25) is 19.7 Å². The first-order valence-electron chi connectivity index (χ1n) is 9.31. The number of carbonyl (C=O) groups is 2. The van der Waals surface area contributed by atoms with E-state index >= 15 is 0 Å². The number of thiophene rings is 1. The molecule has 1 aromatic carbocycles. The first-order valence-corrected chi connectivity index (χ1v) is 10.1. The Kier molecular flexibility index (Phi) is 5.06. The standard InChI is InChI=1S/C20H20N4O4S/c1-13-17(24(27)28)11-18(29-13)20(26)23-8-6-22(7-9-23)19(25)10-14-12-21-16-5-3-2-4-15(14)16/h2-5,11-12,21H,6-10H2,1H3. The lowest BCUT2D eigenvalue weighted by molar-refractivity contribution is -0.385. The van der Waals surface area contributed by atoms with Gasteiger partial charge in [-0.2, -0.15) is 0 Å². The van der Waals surface area contributed by atoms with Gasteiger partial charge in [0, 0.05) is 49.3 Å². The minimum absolute atomic E-state index is 0.0223. The van der Waals surface area contributed by atoms with Gasteiger partial charge in [0.15, 0.2) is 0 Å². The van der Waals surface area contributed by atoms with Crippen LogP contribution in [0.4, 0.5) is 5.69 Å². The molecule has 1 N–H and O–H groups in total. The minimum atomic E-state index is -0.468. The van der Waals surface area contributed by atoms with Crippen molar-refractivity contribution in [1.82, 2.24) is 14.8 Å². The maximum absolute atomic E-state index is 12.7. The van der Waals surface area contributed by atoms with Crippen LogP contribution in [0.5, 0.6) is 0 Å². The van der Waals surface area contributed by atoms with E-state index in [1.165, 1.54) is 6.07 Å². The normalized spacial score (nSPS) is 14.4. The fraction of sp³-hybridized carbons (Fsp3) is 0.300. The van der Waals surface area contributed by atoms with E-state index in [0.29, 0.717) is 42.4 Å². The number of rotatable bonds is 4. The van der Waals surface area contributed by atoms with E-state index in [2.05, 4.69) is 4.98 Å². The van der Waals surface area contributed by atoms with Gasteiger partial charge in [0.1, 0.15) is 0 Å². The monoisotopic (exact) mass is 412 g/mol. The zero-order chi connectivity index (χ0) is 20.5. The highest BCUT2D eigenvalue weighted by Gasteiger charge is 2.28. The lowest BCUT2D eigenvalue weighted by atomic mass is 10.1. The predicted octanol–water partition coefficient (Wildman–Crippen LogP) is 2.97. The third-order valence-corrected chi connectivity index (χ3v) is 6.26. The van der Waals surface area contributed by atoms with Gasteiger partial charge < -0.3 is 14.8 Å². The number of benzene rings is 1. The van der Waals surface area contributed by atoms with Gasteiger partial charge in [-0.25, -0.2) is 0 Å². The molecule has 150 valence electrons. The van der Waals surface area contributed by atoms with Crippen molar-refractivity contribution in [1.29, 1.82) is 0 Å². The molecule has 0 bridgehead atoms. The molecule has 4 rings (SSSR count). The second kappa shape index (κ2) is 7.67. The van der Waals surface area contributed by atoms with Gasteiger partial charge in [-0.15, -0.1) is 11.3 Å². The van der Waals surface area contributed by atoms with Crippen LogP contribution in [0.15, 0.2) is 36.5 Å². The molecule has 1 aliphatic rings. The molecule has 3 aromatic rings. The van der Waals surface area contributed by atoms with E-state index in [4.69, 9.17) is 0 Å². The maximum atomic E-state index is 12.7. The average molecular weight is 412 g/mol. The Morgan fingerprint density at radius 2 is 1.86 bits per heavy atom. The molecule has 1 saturated heterocycles. The summed E-state index contributed by atoms with van der Waals surface area (Å²) in [6.07, 6.45) is 2.18. The molecule has 1 fully saturated rings. The van der Waals surface area contributed by atoms with Crippen molar-refractivity contribution in [3.8, 4) is 0 Å². The first-order chi connectivity index (χ1) is 13.9. The van der Waals surface area contributed by atoms with Crippen molar-refractivity contribution in [2.45, 2.75) is 13.3 Å². The summed E-state index contributed by atoms with van der Waals surface area (Å²) in [5, 5.41) is 12.1. The molecule has 9 heteroatoms. The smallest absolute Gasteiger partial charge is 0.283 e. The Morgan fingerprint density at radius 3 is 2.55 bits per heavy atom. The molecule has 0 unspecified atom stereocenters. The number of aromatic amines is 1. The molecule has 0 radical (unpaired) electrons. The van der Waals surface area contributed by atoms with Crippen LogP contribution in [0.3, 0.4) is 0 Å². The summed E-state index contributed by atoms with van der Waals surface area (Å²) >= 11 is 1.14. The molecule has 29 heavy (non-hydrogen) atoms. The highest BCUT2D eigenvalue weighted by atomic mass is 32.1. The second-order valence-corrected chi connectivity index (χ2v) is 8.27. The molecule has 8 nitrogen and oxygen atoms in total. The lowest BCUT2D eigenvalue weighted by Crippen LogP contribution is -2.50. The Hall–Kier alpha value is -3.20. The van der Waals surface area contributed by atoms with Crippen molar-refractivity contribution < 1.29 is 14.5 Å². The first kappa shape index (κ1) is 19.1. The third kappa shape index (κ3) is 3.73. The molecular formula is C20H20N4O4S. The van der Waals surface area contributed by atoms with Crippen molar-refractivity contribution >= 4 is 39.7 Å². The van der Waals surface area contributed by atoms with Crippen molar-refractivity contribution in [2.24, 2.45) is 0 Å². The van der Waals surface area contributed by atoms with Crippen molar-refractivity contribution in [3.63, 3.8) is 0 Å². The molecule has 0 spiro atoms. The van der Waals surface area contributed by atoms with Gasteiger partial charge >= 0.3 is 0 Å². The number of fused-ring (bicyclic) bond motifs is 1. The molecule has 3 heterocycles. The van der Waals surface area contributed by atoms with Crippen LogP contribution in [0.2, 0.25) is 0 Å². The number of H-pyrrole nitrogens is 1. The number of para-hydroxylation sites is 1. The van der Waals surface area contributed by atoms with Crippen LogP contribution in [0, 0.1) is 17.0 Å². The van der Waals surface area contributed by atoms with Crippen molar-refractivity contribution in [3.05, 3.63) is 62.0 Å². The van der Waals surface area contributed by atoms with Crippen LogP contribution >= 0.6 is 11.3 Å². The van der Waals surface area contributed by atoms with Gasteiger partial charge in [-0.1, -0.05) is 18.2 Å². The maximum Gasteiger partial charge on any atom is 0.283 e. The lowest BCUT2D eigenvalue weighted by Gasteiger charge is -2.34. The summed E-state index contributed by atoms with van der Waals surface area (Å²) in [5.74, 6) is -0.181. The highest BCUT2D eigenvalue weighted by molar-refractivity contribution is 7.14. The molecule has 2 aromatic heterocycles. The number of hydrogen-bond acceptors (Lipinski definition) is 5. The molecule has 2 amide bonds.